The number of halogens is 1. The molecule has 2 rings (SSSR count). The van der Waals surface area contributed by atoms with Crippen LogP contribution >= 0.6 is 15.9 Å². The van der Waals surface area contributed by atoms with Gasteiger partial charge in [-0.15, -0.1) is 0 Å². The molecule has 1 saturated heterocycles. The van der Waals surface area contributed by atoms with E-state index in [4.69, 9.17) is 10.5 Å². The van der Waals surface area contributed by atoms with Crippen LogP contribution in [0, 0.1) is 0 Å². The normalized spacial score (nSPS) is 19.4. The number of nitrogens with two attached hydrogens (primary N) is 1. The molecule has 1 aromatic rings. The minimum Gasteiger partial charge on any atom is -0.367 e. The van der Waals surface area contributed by atoms with Crippen molar-refractivity contribution in [2.24, 2.45) is 5.73 Å². The first-order valence-electron chi connectivity index (χ1n) is 6.47. The SMILES string of the molecule is CC(C)n1cc(Br)cc1C(=O)N1CCO[C@H](C(N)=O)C1. The number of carbonyl (C=O) groups is 2. The molecule has 0 spiro atoms. The van der Waals surface area contributed by atoms with E-state index >= 15 is 0 Å². The van der Waals surface area contributed by atoms with Crippen molar-refractivity contribution in [1.29, 1.82) is 0 Å². The Balaban J connectivity index is 2.21. The maximum Gasteiger partial charge on any atom is 0.270 e. The Morgan fingerprint density at radius 1 is 1.50 bits per heavy atom. The molecule has 1 fully saturated rings. The van der Waals surface area contributed by atoms with E-state index in [1.807, 2.05) is 24.6 Å². The summed E-state index contributed by atoms with van der Waals surface area (Å²) in [5.74, 6) is -0.651. The lowest BCUT2D eigenvalue weighted by atomic mass is 10.2. The second-order valence-corrected chi connectivity index (χ2v) is 5.97. The molecule has 110 valence electrons. The predicted molar refractivity (Wildman–Crippen MR) is 77.4 cm³/mol. The summed E-state index contributed by atoms with van der Waals surface area (Å²) < 4.78 is 8.01. The molecule has 2 amide bonds. The molecule has 2 heterocycles. The minimum atomic E-state index is -0.724. The molecule has 2 N–H and O–H groups in total. The van der Waals surface area contributed by atoms with E-state index in [2.05, 4.69) is 15.9 Å². The summed E-state index contributed by atoms with van der Waals surface area (Å²) in [5, 5.41) is 0. The van der Waals surface area contributed by atoms with E-state index in [0.29, 0.717) is 18.8 Å². The Labute approximate surface area is 126 Å². The summed E-state index contributed by atoms with van der Waals surface area (Å²) in [7, 11) is 0. The summed E-state index contributed by atoms with van der Waals surface area (Å²) in [6.45, 7) is 5.00. The molecule has 0 aliphatic carbocycles. The minimum absolute atomic E-state index is 0.112. The third-order valence-electron chi connectivity index (χ3n) is 3.26. The molecule has 0 saturated carbocycles. The maximum atomic E-state index is 12.6. The number of ether oxygens (including phenoxy) is 1. The topological polar surface area (TPSA) is 77.6 Å². The Morgan fingerprint density at radius 2 is 2.20 bits per heavy atom. The number of morpholine rings is 1. The number of hydrogen-bond donors (Lipinski definition) is 1. The van der Waals surface area contributed by atoms with Crippen molar-refractivity contribution in [3.8, 4) is 0 Å². The van der Waals surface area contributed by atoms with E-state index in [1.54, 1.807) is 11.0 Å². The fourth-order valence-electron chi connectivity index (χ4n) is 2.21. The summed E-state index contributed by atoms with van der Waals surface area (Å²) >= 11 is 3.39. The van der Waals surface area contributed by atoms with Gasteiger partial charge in [-0.3, -0.25) is 9.59 Å². The van der Waals surface area contributed by atoms with E-state index in [1.165, 1.54) is 0 Å². The number of amides is 2. The Hall–Kier alpha value is -1.34. The number of nitrogens with zero attached hydrogens (tertiary/aromatic N) is 2. The Bertz CT molecular complexity index is 527. The quantitative estimate of drug-likeness (QED) is 0.894. The smallest absolute Gasteiger partial charge is 0.270 e. The zero-order valence-electron chi connectivity index (χ0n) is 11.5. The lowest BCUT2D eigenvalue weighted by molar-refractivity contribution is -0.133. The van der Waals surface area contributed by atoms with Crippen LogP contribution in [0.3, 0.4) is 0 Å². The van der Waals surface area contributed by atoms with Crippen LogP contribution in [0.15, 0.2) is 16.7 Å². The summed E-state index contributed by atoms with van der Waals surface area (Å²) in [6.07, 6.45) is 1.16. The van der Waals surface area contributed by atoms with Crippen molar-refractivity contribution in [3.05, 3.63) is 22.4 Å². The predicted octanol–water partition coefficient (Wildman–Crippen LogP) is 1.16. The lowest BCUT2D eigenvalue weighted by Crippen LogP contribution is -2.50. The van der Waals surface area contributed by atoms with Gasteiger partial charge in [0.05, 0.1) is 13.2 Å². The molecule has 0 bridgehead atoms. The standard InChI is InChI=1S/C13H18BrN3O3/c1-8(2)17-6-9(14)5-10(17)13(19)16-3-4-20-11(7-16)12(15)18/h5-6,8,11H,3-4,7H2,1-2H3,(H2,15,18)/t11-/m0/s1. The molecule has 7 heteroatoms. The molecule has 1 aliphatic heterocycles. The first kappa shape index (κ1) is 15.1. The Morgan fingerprint density at radius 3 is 2.80 bits per heavy atom. The second kappa shape index (κ2) is 5.97. The van der Waals surface area contributed by atoms with Gasteiger partial charge in [-0.1, -0.05) is 0 Å². The first-order valence-corrected chi connectivity index (χ1v) is 7.27. The number of rotatable bonds is 3. The van der Waals surface area contributed by atoms with Crippen LogP contribution in [-0.4, -0.2) is 47.1 Å². The molecule has 1 atom stereocenters. The van der Waals surface area contributed by atoms with Crippen LogP contribution < -0.4 is 5.73 Å². The van der Waals surface area contributed by atoms with Crippen LogP contribution in [0.2, 0.25) is 0 Å². The van der Waals surface area contributed by atoms with E-state index in [0.717, 1.165) is 4.47 Å². The third kappa shape index (κ3) is 3.04. The van der Waals surface area contributed by atoms with Crippen molar-refractivity contribution in [2.75, 3.05) is 19.7 Å². The van der Waals surface area contributed by atoms with Gasteiger partial charge in [0.15, 0.2) is 6.10 Å². The highest BCUT2D eigenvalue weighted by Crippen LogP contribution is 2.21. The van der Waals surface area contributed by atoms with Crippen molar-refractivity contribution in [3.63, 3.8) is 0 Å². The number of aromatic nitrogens is 1. The van der Waals surface area contributed by atoms with Gasteiger partial charge in [0, 0.05) is 23.3 Å². The first-order chi connectivity index (χ1) is 9.40. The molecule has 0 aromatic carbocycles. The van der Waals surface area contributed by atoms with Crippen molar-refractivity contribution in [2.45, 2.75) is 26.0 Å². The van der Waals surface area contributed by atoms with Crippen LogP contribution in [0.4, 0.5) is 0 Å². The molecule has 1 aromatic heterocycles. The van der Waals surface area contributed by atoms with Gasteiger partial charge in [0.25, 0.3) is 5.91 Å². The molecule has 0 unspecified atom stereocenters. The fraction of sp³-hybridized carbons (Fsp3) is 0.538. The fourth-order valence-corrected chi connectivity index (χ4v) is 2.65. The zero-order chi connectivity index (χ0) is 14.9. The van der Waals surface area contributed by atoms with Gasteiger partial charge in [-0.2, -0.15) is 0 Å². The van der Waals surface area contributed by atoms with Crippen LogP contribution in [-0.2, 0) is 9.53 Å². The van der Waals surface area contributed by atoms with Gasteiger partial charge in [0.2, 0.25) is 5.91 Å². The molecular formula is C13H18BrN3O3. The molecule has 20 heavy (non-hydrogen) atoms. The van der Waals surface area contributed by atoms with E-state index in [9.17, 15) is 9.59 Å². The molecule has 1 aliphatic rings. The third-order valence-corrected chi connectivity index (χ3v) is 3.70. The zero-order valence-corrected chi connectivity index (χ0v) is 13.1. The van der Waals surface area contributed by atoms with Gasteiger partial charge in [-0.25, -0.2) is 0 Å². The molecule has 6 nitrogen and oxygen atoms in total. The van der Waals surface area contributed by atoms with Gasteiger partial charge >= 0.3 is 0 Å². The van der Waals surface area contributed by atoms with Crippen molar-refractivity contribution in [1.82, 2.24) is 9.47 Å². The Kier molecular flexibility index (Phi) is 4.49. The van der Waals surface area contributed by atoms with Crippen LogP contribution in [0.25, 0.3) is 0 Å². The van der Waals surface area contributed by atoms with Gasteiger partial charge in [0.1, 0.15) is 5.69 Å². The average Bonchev–Trinajstić information content (AvgIpc) is 2.80. The monoisotopic (exact) mass is 343 g/mol. The van der Waals surface area contributed by atoms with Crippen LogP contribution in [0.5, 0.6) is 0 Å². The maximum absolute atomic E-state index is 12.6. The van der Waals surface area contributed by atoms with Gasteiger partial charge in [-0.05, 0) is 35.8 Å². The largest absolute Gasteiger partial charge is 0.367 e. The van der Waals surface area contributed by atoms with Crippen molar-refractivity contribution < 1.29 is 14.3 Å². The number of hydrogen-bond acceptors (Lipinski definition) is 3. The highest BCUT2D eigenvalue weighted by atomic mass is 79.9. The average molecular weight is 344 g/mol. The second-order valence-electron chi connectivity index (χ2n) is 5.06. The molecular weight excluding hydrogens is 326 g/mol. The molecule has 0 radical (unpaired) electrons. The van der Waals surface area contributed by atoms with Crippen LogP contribution in [0.1, 0.15) is 30.4 Å². The lowest BCUT2D eigenvalue weighted by Gasteiger charge is -2.31. The highest BCUT2D eigenvalue weighted by molar-refractivity contribution is 9.10. The highest BCUT2D eigenvalue weighted by Gasteiger charge is 2.29. The van der Waals surface area contributed by atoms with Gasteiger partial charge < -0.3 is 19.9 Å². The number of primary amides is 1. The number of carbonyl (C=O) groups excluding carboxylic acids is 2. The van der Waals surface area contributed by atoms with E-state index in [-0.39, 0.29) is 18.5 Å². The summed E-state index contributed by atoms with van der Waals surface area (Å²) in [4.78, 5) is 25.4. The summed E-state index contributed by atoms with van der Waals surface area (Å²) in [5.41, 5.74) is 5.83. The van der Waals surface area contributed by atoms with E-state index < -0.39 is 12.0 Å². The van der Waals surface area contributed by atoms with Crippen molar-refractivity contribution >= 4 is 27.7 Å². The summed E-state index contributed by atoms with van der Waals surface area (Å²) in [6, 6.07) is 1.96.